The van der Waals surface area contributed by atoms with Gasteiger partial charge >= 0.3 is 0 Å². The molecule has 1 aliphatic rings. The van der Waals surface area contributed by atoms with Crippen LogP contribution in [0.1, 0.15) is 49.8 Å². The smallest absolute Gasteiger partial charge is 0.0931 e. The summed E-state index contributed by atoms with van der Waals surface area (Å²) in [6.45, 7) is 3.28. The number of thiophene rings is 1. The fourth-order valence-corrected chi connectivity index (χ4v) is 3.85. The molecule has 1 fully saturated rings. The Kier molecular flexibility index (Phi) is 4.68. The zero-order valence-electron chi connectivity index (χ0n) is 9.84. The minimum absolute atomic E-state index is 0.707. The van der Waals surface area contributed by atoms with Crippen molar-refractivity contribution in [1.29, 1.82) is 0 Å². The number of rotatable bonds is 3. The van der Waals surface area contributed by atoms with Gasteiger partial charge in [-0.1, -0.05) is 31.4 Å². The van der Waals surface area contributed by atoms with Gasteiger partial charge in [0, 0.05) is 10.9 Å². The van der Waals surface area contributed by atoms with Gasteiger partial charge in [-0.25, -0.2) is 0 Å². The molecule has 0 radical (unpaired) electrons. The van der Waals surface area contributed by atoms with E-state index in [1.807, 2.05) is 6.07 Å². The molecule has 1 nitrogen and oxygen atoms in total. The molecular weight excluding hydrogens is 238 g/mol. The van der Waals surface area contributed by atoms with Gasteiger partial charge in [0.15, 0.2) is 0 Å². The van der Waals surface area contributed by atoms with Crippen molar-refractivity contribution in [2.24, 2.45) is 0 Å². The summed E-state index contributed by atoms with van der Waals surface area (Å²) in [5.74, 6) is 0.726. The van der Waals surface area contributed by atoms with E-state index in [9.17, 15) is 0 Å². The normalized spacial score (nSPS) is 26.6. The molecule has 2 unspecified atom stereocenters. The van der Waals surface area contributed by atoms with Gasteiger partial charge in [0.1, 0.15) is 0 Å². The topological polar surface area (TPSA) is 12.0 Å². The maximum Gasteiger partial charge on any atom is 0.0931 e. The van der Waals surface area contributed by atoms with Gasteiger partial charge in [0.25, 0.3) is 0 Å². The molecule has 1 saturated carbocycles. The molecule has 0 spiro atoms. The summed E-state index contributed by atoms with van der Waals surface area (Å²) in [4.78, 5) is 1.48. The minimum atomic E-state index is 0.707. The molecule has 90 valence electrons. The van der Waals surface area contributed by atoms with E-state index >= 15 is 0 Å². The highest BCUT2D eigenvalue weighted by molar-refractivity contribution is 7.16. The summed E-state index contributed by atoms with van der Waals surface area (Å²) in [6.07, 6.45) is 6.68. The lowest BCUT2D eigenvalue weighted by atomic mass is 9.96. The van der Waals surface area contributed by atoms with Crippen LogP contribution in [0.3, 0.4) is 0 Å². The first-order valence-electron chi connectivity index (χ1n) is 6.28. The molecule has 0 amide bonds. The molecule has 16 heavy (non-hydrogen) atoms. The molecule has 1 aromatic heterocycles. The van der Waals surface area contributed by atoms with Crippen LogP contribution in [-0.4, -0.2) is 12.6 Å². The lowest BCUT2D eigenvalue weighted by molar-refractivity contribution is 0.451. The van der Waals surface area contributed by atoms with Crippen molar-refractivity contribution in [3.05, 3.63) is 21.3 Å². The number of hydrogen-bond acceptors (Lipinski definition) is 2. The van der Waals surface area contributed by atoms with E-state index in [0.29, 0.717) is 6.04 Å². The van der Waals surface area contributed by atoms with Crippen molar-refractivity contribution < 1.29 is 0 Å². The Bertz CT molecular complexity index is 323. The highest BCUT2D eigenvalue weighted by atomic mass is 35.5. The van der Waals surface area contributed by atoms with Crippen molar-refractivity contribution >= 4 is 22.9 Å². The molecule has 0 aliphatic heterocycles. The van der Waals surface area contributed by atoms with Crippen LogP contribution < -0.4 is 5.32 Å². The van der Waals surface area contributed by atoms with Crippen LogP contribution in [0.2, 0.25) is 4.34 Å². The number of hydrogen-bond donors (Lipinski definition) is 1. The van der Waals surface area contributed by atoms with Crippen LogP contribution in [0.15, 0.2) is 12.1 Å². The average Bonchev–Trinajstić information content (AvgIpc) is 2.56. The highest BCUT2D eigenvalue weighted by Gasteiger charge is 2.21. The van der Waals surface area contributed by atoms with Crippen LogP contribution in [0.25, 0.3) is 0 Å². The Morgan fingerprint density at radius 1 is 1.38 bits per heavy atom. The summed E-state index contributed by atoms with van der Waals surface area (Å²) < 4.78 is 0.930. The van der Waals surface area contributed by atoms with Crippen molar-refractivity contribution in [2.45, 2.75) is 51.0 Å². The van der Waals surface area contributed by atoms with E-state index in [1.165, 1.54) is 37.0 Å². The molecule has 2 rings (SSSR count). The third kappa shape index (κ3) is 3.22. The molecular formula is C13H20ClNS. The molecule has 1 N–H and O–H groups in total. The fourth-order valence-electron chi connectivity index (χ4n) is 2.64. The molecule has 0 bridgehead atoms. The molecule has 1 aliphatic carbocycles. The fraction of sp³-hybridized carbons (Fsp3) is 0.692. The SMILES string of the molecule is CCNC1CCCCC(c2ccc(Cl)s2)C1. The molecule has 0 aromatic carbocycles. The zero-order valence-corrected chi connectivity index (χ0v) is 11.4. The van der Waals surface area contributed by atoms with Crippen molar-refractivity contribution in [3.8, 4) is 0 Å². The van der Waals surface area contributed by atoms with Gasteiger partial charge in [0.05, 0.1) is 4.34 Å². The molecule has 1 heterocycles. The van der Waals surface area contributed by atoms with Gasteiger partial charge < -0.3 is 5.32 Å². The Labute approximate surface area is 107 Å². The largest absolute Gasteiger partial charge is 0.314 e. The summed E-state index contributed by atoms with van der Waals surface area (Å²) in [6, 6.07) is 4.96. The average molecular weight is 258 g/mol. The van der Waals surface area contributed by atoms with Gasteiger partial charge in [-0.2, -0.15) is 0 Å². The van der Waals surface area contributed by atoms with Gasteiger partial charge in [-0.15, -0.1) is 11.3 Å². The molecule has 1 aromatic rings. The van der Waals surface area contributed by atoms with Crippen LogP contribution in [0, 0.1) is 0 Å². The van der Waals surface area contributed by atoms with E-state index < -0.39 is 0 Å². The zero-order chi connectivity index (χ0) is 11.4. The first-order chi connectivity index (χ1) is 7.79. The lowest BCUT2D eigenvalue weighted by Crippen LogP contribution is -2.29. The predicted molar refractivity (Wildman–Crippen MR) is 72.6 cm³/mol. The summed E-state index contributed by atoms with van der Waals surface area (Å²) >= 11 is 7.78. The van der Waals surface area contributed by atoms with Gasteiger partial charge in [-0.05, 0) is 43.9 Å². The van der Waals surface area contributed by atoms with Crippen molar-refractivity contribution in [1.82, 2.24) is 5.32 Å². The monoisotopic (exact) mass is 257 g/mol. The Balaban J connectivity index is 2.02. The van der Waals surface area contributed by atoms with E-state index in [2.05, 4.69) is 18.3 Å². The van der Waals surface area contributed by atoms with Crippen LogP contribution in [0.4, 0.5) is 0 Å². The van der Waals surface area contributed by atoms with E-state index in [-0.39, 0.29) is 0 Å². The second-order valence-electron chi connectivity index (χ2n) is 4.61. The van der Waals surface area contributed by atoms with E-state index in [0.717, 1.165) is 16.8 Å². The Hall–Kier alpha value is -0.0500. The maximum atomic E-state index is 6.02. The number of halogens is 1. The summed E-state index contributed by atoms with van der Waals surface area (Å²) in [7, 11) is 0. The predicted octanol–water partition coefficient (Wildman–Crippen LogP) is 4.43. The van der Waals surface area contributed by atoms with Crippen LogP contribution >= 0.6 is 22.9 Å². The van der Waals surface area contributed by atoms with Crippen molar-refractivity contribution in [3.63, 3.8) is 0 Å². The highest BCUT2D eigenvalue weighted by Crippen LogP contribution is 2.36. The van der Waals surface area contributed by atoms with Crippen LogP contribution in [-0.2, 0) is 0 Å². The maximum absolute atomic E-state index is 6.02. The van der Waals surface area contributed by atoms with Crippen LogP contribution in [0.5, 0.6) is 0 Å². The second-order valence-corrected chi connectivity index (χ2v) is 6.36. The summed E-state index contributed by atoms with van der Waals surface area (Å²) in [5, 5.41) is 3.60. The second kappa shape index (κ2) is 6.04. The molecule has 3 heteroatoms. The third-order valence-electron chi connectivity index (χ3n) is 3.41. The lowest BCUT2D eigenvalue weighted by Gasteiger charge is -2.19. The van der Waals surface area contributed by atoms with Gasteiger partial charge in [0.2, 0.25) is 0 Å². The first-order valence-corrected chi connectivity index (χ1v) is 7.47. The Morgan fingerprint density at radius 2 is 2.19 bits per heavy atom. The summed E-state index contributed by atoms with van der Waals surface area (Å²) in [5.41, 5.74) is 0. The van der Waals surface area contributed by atoms with E-state index in [4.69, 9.17) is 11.6 Å². The third-order valence-corrected chi connectivity index (χ3v) is 4.81. The quantitative estimate of drug-likeness (QED) is 0.790. The van der Waals surface area contributed by atoms with Gasteiger partial charge in [-0.3, -0.25) is 0 Å². The molecule has 2 atom stereocenters. The van der Waals surface area contributed by atoms with Crippen molar-refractivity contribution in [2.75, 3.05) is 6.54 Å². The first kappa shape index (κ1) is 12.4. The Morgan fingerprint density at radius 3 is 2.88 bits per heavy atom. The van der Waals surface area contributed by atoms with E-state index in [1.54, 1.807) is 11.3 Å². The number of nitrogens with one attached hydrogen (secondary N) is 1. The molecule has 0 saturated heterocycles. The standard InChI is InChI=1S/C13H20ClNS/c1-2-15-11-6-4-3-5-10(9-11)12-7-8-13(14)16-12/h7-8,10-11,15H,2-6,9H2,1H3. The minimum Gasteiger partial charge on any atom is -0.314 e.